The molecular formula is C8H18ClNO2. The van der Waals surface area contributed by atoms with Gasteiger partial charge in [-0.2, -0.15) is 0 Å². The molecule has 0 aromatic carbocycles. The van der Waals surface area contributed by atoms with Crippen LogP contribution in [-0.4, -0.2) is 37.5 Å². The molecule has 2 N–H and O–H groups in total. The Morgan fingerprint density at radius 2 is 2.33 bits per heavy atom. The highest BCUT2D eigenvalue weighted by Gasteiger charge is 2.28. The van der Waals surface area contributed by atoms with Crippen LogP contribution in [-0.2, 0) is 4.74 Å². The fourth-order valence-electron chi connectivity index (χ4n) is 1.46. The molecule has 74 valence electrons. The standard InChI is InChI=1S/C8H17NO2.ClH/c1-11-6-4-8(10)3-2-5-9-7-8;/h9-10H,2-7H2,1H3;1H. The van der Waals surface area contributed by atoms with Crippen molar-refractivity contribution in [3.8, 4) is 0 Å². The smallest absolute Gasteiger partial charge is 0.0793 e. The molecule has 1 saturated heterocycles. The number of hydrogen-bond acceptors (Lipinski definition) is 3. The van der Waals surface area contributed by atoms with Crippen molar-refractivity contribution >= 4 is 12.4 Å². The number of nitrogens with one attached hydrogen (secondary N) is 1. The topological polar surface area (TPSA) is 41.5 Å². The second kappa shape index (κ2) is 5.75. The number of piperidine rings is 1. The molecule has 0 radical (unpaired) electrons. The highest BCUT2D eigenvalue weighted by Crippen LogP contribution is 2.19. The number of aliphatic hydroxyl groups is 1. The SMILES string of the molecule is COCCC1(O)CCCNC1.Cl. The van der Waals surface area contributed by atoms with Gasteiger partial charge in [-0.25, -0.2) is 0 Å². The molecule has 12 heavy (non-hydrogen) atoms. The molecule has 1 unspecified atom stereocenters. The molecule has 3 nitrogen and oxygen atoms in total. The van der Waals surface area contributed by atoms with Gasteiger partial charge in [-0.3, -0.25) is 0 Å². The highest BCUT2D eigenvalue weighted by atomic mass is 35.5. The Bertz CT molecular complexity index is 116. The normalized spacial score (nSPS) is 29.5. The van der Waals surface area contributed by atoms with E-state index in [0.29, 0.717) is 6.61 Å². The summed E-state index contributed by atoms with van der Waals surface area (Å²) in [6, 6.07) is 0. The van der Waals surface area contributed by atoms with Crippen LogP contribution in [0.5, 0.6) is 0 Å². The first-order valence-electron chi connectivity index (χ1n) is 4.19. The molecule has 0 bridgehead atoms. The van der Waals surface area contributed by atoms with Gasteiger partial charge in [0.25, 0.3) is 0 Å². The Balaban J connectivity index is 0.00000121. The van der Waals surface area contributed by atoms with Crippen LogP contribution < -0.4 is 5.32 Å². The van der Waals surface area contributed by atoms with Gasteiger partial charge in [0.05, 0.1) is 5.60 Å². The third-order valence-corrected chi connectivity index (χ3v) is 2.22. The number of methoxy groups -OCH3 is 1. The molecule has 1 atom stereocenters. The lowest BCUT2D eigenvalue weighted by Gasteiger charge is -2.32. The third-order valence-electron chi connectivity index (χ3n) is 2.22. The van der Waals surface area contributed by atoms with E-state index in [0.717, 1.165) is 32.4 Å². The molecule has 1 aliphatic rings. The fourth-order valence-corrected chi connectivity index (χ4v) is 1.46. The Hall–Kier alpha value is 0.170. The minimum Gasteiger partial charge on any atom is -0.388 e. The summed E-state index contributed by atoms with van der Waals surface area (Å²) in [5.41, 5.74) is -0.506. The Morgan fingerprint density at radius 3 is 2.83 bits per heavy atom. The van der Waals surface area contributed by atoms with Gasteiger partial charge in [0.15, 0.2) is 0 Å². The molecule has 0 amide bonds. The first-order chi connectivity index (χ1) is 5.27. The molecule has 1 rings (SSSR count). The van der Waals surface area contributed by atoms with Gasteiger partial charge >= 0.3 is 0 Å². The summed E-state index contributed by atoms with van der Waals surface area (Å²) in [6.07, 6.45) is 2.72. The van der Waals surface area contributed by atoms with E-state index in [1.165, 1.54) is 0 Å². The van der Waals surface area contributed by atoms with E-state index in [1.54, 1.807) is 7.11 Å². The predicted octanol–water partition coefficient (Wildman–Crippen LogP) is 0.559. The van der Waals surface area contributed by atoms with Crippen molar-refractivity contribution in [2.45, 2.75) is 24.9 Å². The number of ether oxygens (including phenoxy) is 1. The van der Waals surface area contributed by atoms with E-state index in [4.69, 9.17) is 4.74 Å². The van der Waals surface area contributed by atoms with Crippen LogP contribution in [0.2, 0.25) is 0 Å². The molecular weight excluding hydrogens is 178 g/mol. The van der Waals surface area contributed by atoms with Crippen molar-refractivity contribution in [1.29, 1.82) is 0 Å². The summed E-state index contributed by atoms with van der Waals surface area (Å²) >= 11 is 0. The average Bonchev–Trinajstić information content (AvgIpc) is 2.03. The largest absolute Gasteiger partial charge is 0.388 e. The Labute approximate surface area is 79.9 Å². The predicted molar refractivity (Wildman–Crippen MR) is 50.8 cm³/mol. The van der Waals surface area contributed by atoms with Crippen LogP contribution >= 0.6 is 12.4 Å². The summed E-state index contributed by atoms with van der Waals surface area (Å²) < 4.78 is 4.92. The molecule has 0 aromatic heterocycles. The van der Waals surface area contributed by atoms with Crippen LogP contribution in [0.3, 0.4) is 0 Å². The first kappa shape index (κ1) is 12.2. The van der Waals surface area contributed by atoms with Gasteiger partial charge < -0.3 is 15.2 Å². The maximum absolute atomic E-state index is 9.86. The van der Waals surface area contributed by atoms with Gasteiger partial charge in [0.1, 0.15) is 0 Å². The fraction of sp³-hybridized carbons (Fsp3) is 1.00. The van der Waals surface area contributed by atoms with Crippen molar-refractivity contribution in [1.82, 2.24) is 5.32 Å². The number of rotatable bonds is 3. The van der Waals surface area contributed by atoms with Crippen LogP contribution in [0.15, 0.2) is 0 Å². The second-order valence-corrected chi connectivity index (χ2v) is 3.25. The minimum atomic E-state index is -0.506. The van der Waals surface area contributed by atoms with Crippen LogP contribution in [0, 0.1) is 0 Å². The monoisotopic (exact) mass is 195 g/mol. The van der Waals surface area contributed by atoms with E-state index in [1.807, 2.05) is 0 Å². The molecule has 0 aromatic rings. The van der Waals surface area contributed by atoms with E-state index < -0.39 is 5.60 Å². The minimum absolute atomic E-state index is 0. The van der Waals surface area contributed by atoms with E-state index in [-0.39, 0.29) is 12.4 Å². The molecule has 0 spiro atoms. The Morgan fingerprint density at radius 1 is 1.58 bits per heavy atom. The van der Waals surface area contributed by atoms with Crippen molar-refractivity contribution in [2.75, 3.05) is 26.8 Å². The van der Waals surface area contributed by atoms with Gasteiger partial charge in [-0.1, -0.05) is 0 Å². The van der Waals surface area contributed by atoms with Gasteiger partial charge in [-0.15, -0.1) is 12.4 Å². The van der Waals surface area contributed by atoms with Gasteiger partial charge in [0, 0.05) is 26.7 Å². The molecule has 4 heteroatoms. The van der Waals surface area contributed by atoms with Crippen molar-refractivity contribution in [3.63, 3.8) is 0 Å². The quantitative estimate of drug-likeness (QED) is 0.692. The summed E-state index contributed by atoms with van der Waals surface area (Å²) in [5.74, 6) is 0. The Kier molecular flexibility index (Phi) is 5.84. The first-order valence-corrected chi connectivity index (χ1v) is 4.19. The van der Waals surface area contributed by atoms with Crippen molar-refractivity contribution in [3.05, 3.63) is 0 Å². The number of β-amino-alcohol motifs (C(OH)–C–C–N with tert-alkyl or cyclic N) is 1. The zero-order valence-corrected chi connectivity index (χ0v) is 8.32. The summed E-state index contributed by atoms with van der Waals surface area (Å²) in [6.45, 7) is 2.41. The van der Waals surface area contributed by atoms with Crippen LogP contribution in [0.1, 0.15) is 19.3 Å². The molecule has 1 heterocycles. The van der Waals surface area contributed by atoms with Gasteiger partial charge in [0.2, 0.25) is 0 Å². The summed E-state index contributed by atoms with van der Waals surface area (Å²) in [5, 5.41) is 13.0. The third kappa shape index (κ3) is 3.72. The average molecular weight is 196 g/mol. The lowest BCUT2D eigenvalue weighted by atomic mass is 9.91. The summed E-state index contributed by atoms with van der Waals surface area (Å²) in [4.78, 5) is 0. The molecule has 1 aliphatic heterocycles. The zero-order chi connectivity index (χ0) is 8.16. The molecule has 0 aliphatic carbocycles. The van der Waals surface area contributed by atoms with E-state index >= 15 is 0 Å². The van der Waals surface area contributed by atoms with Crippen molar-refractivity contribution < 1.29 is 9.84 Å². The van der Waals surface area contributed by atoms with Crippen LogP contribution in [0.4, 0.5) is 0 Å². The zero-order valence-electron chi connectivity index (χ0n) is 7.51. The lowest BCUT2D eigenvalue weighted by molar-refractivity contribution is -0.0105. The highest BCUT2D eigenvalue weighted by molar-refractivity contribution is 5.85. The van der Waals surface area contributed by atoms with E-state index in [2.05, 4.69) is 5.32 Å². The maximum Gasteiger partial charge on any atom is 0.0793 e. The molecule has 0 saturated carbocycles. The maximum atomic E-state index is 9.86. The van der Waals surface area contributed by atoms with Gasteiger partial charge in [-0.05, 0) is 19.4 Å². The lowest BCUT2D eigenvalue weighted by Crippen LogP contribution is -2.46. The van der Waals surface area contributed by atoms with E-state index in [9.17, 15) is 5.11 Å². The molecule has 1 fully saturated rings. The van der Waals surface area contributed by atoms with Crippen LogP contribution in [0.25, 0.3) is 0 Å². The number of hydrogen-bond donors (Lipinski definition) is 2. The van der Waals surface area contributed by atoms with Crippen molar-refractivity contribution in [2.24, 2.45) is 0 Å². The second-order valence-electron chi connectivity index (χ2n) is 3.25. The number of halogens is 1. The summed E-state index contributed by atoms with van der Waals surface area (Å²) in [7, 11) is 1.67.